The molecule has 0 bridgehead atoms. The van der Waals surface area contributed by atoms with E-state index in [4.69, 9.17) is 15.5 Å². The average molecular weight is 549 g/mol. The minimum atomic E-state index is -1.85. The fraction of sp³-hybridized carbons (Fsp3) is 0.500. The Labute approximate surface area is 219 Å². The summed E-state index contributed by atoms with van der Waals surface area (Å²) in [5.41, 5.74) is 7.11. The SMILES string of the molecule is Cc1c(CN2CCN(CS(=O)O)CC2)sc2c(N3CCOCC3)nc(-c3cnc(N)nc3)c([N+](=O)[O-])c12. The predicted molar refractivity (Wildman–Crippen MR) is 142 cm³/mol. The fourth-order valence-corrected chi connectivity index (χ4v) is 6.68. The first kappa shape index (κ1) is 25.8. The lowest BCUT2D eigenvalue weighted by Crippen LogP contribution is -2.46. The van der Waals surface area contributed by atoms with Crippen LogP contribution in [0.25, 0.3) is 21.3 Å². The summed E-state index contributed by atoms with van der Waals surface area (Å²) in [5.74, 6) is 0.930. The first-order chi connectivity index (χ1) is 17.8. The molecule has 0 aliphatic carbocycles. The third-order valence-electron chi connectivity index (χ3n) is 6.69. The molecule has 5 heterocycles. The quantitative estimate of drug-likeness (QED) is 0.250. The molecular formula is C22H28N8O5S2. The van der Waals surface area contributed by atoms with Crippen molar-refractivity contribution in [3.05, 3.63) is 32.9 Å². The van der Waals surface area contributed by atoms with E-state index in [1.807, 2.05) is 11.8 Å². The number of morpholine rings is 1. The van der Waals surface area contributed by atoms with Crippen LogP contribution in [0.15, 0.2) is 12.4 Å². The summed E-state index contributed by atoms with van der Waals surface area (Å²) in [6.45, 7) is 7.83. The Morgan fingerprint density at radius 1 is 1.16 bits per heavy atom. The molecule has 0 aromatic carbocycles. The molecule has 198 valence electrons. The van der Waals surface area contributed by atoms with Gasteiger partial charge in [0.15, 0.2) is 16.8 Å². The van der Waals surface area contributed by atoms with Gasteiger partial charge < -0.3 is 19.9 Å². The second kappa shape index (κ2) is 10.9. The molecule has 15 heteroatoms. The molecule has 2 saturated heterocycles. The molecule has 0 spiro atoms. The average Bonchev–Trinajstić information content (AvgIpc) is 3.20. The summed E-state index contributed by atoms with van der Waals surface area (Å²) in [7, 11) is 0. The summed E-state index contributed by atoms with van der Waals surface area (Å²) in [6.07, 6.45) is 2.93. The van der Waals surface area contributed by atoms with E-state index in [1.165, 1.54) is 12.4 Å². The normalized spacial score (nSPS) is 18.4. The summed E-state index contributed by atoms with van der Waals surface area (Å²) in [4.78, 5) is 32.4. The Morgan fingerprint density at radius 3 is 2.43 bits per heavy atom. The molecule has 13 nitrogen and oxygen atoms in total. The third kappa shape index (κ3) is 5.42. The first-order valence-electron chi connectivity index (χ1n) is 11.8. The molecule has 2 aliphatic heterocycles. The molecule has 2 aliphatic rings. The number of ether oxygens (including phenoxy) is 1. The number of thiophene rings is 1. The lowest BCUT2D eigenvalue weighted by atomic mass is 10.1. The van der Waals surface area contributed by atoms with Gasteiger partial charge >= 0.3 is 5.69 Å². The van der Waals surface area contributed by atoms with Crippen molar-refractivity contribution in [2.45, 2.75) is 13.5 Å². The van der Waals surface area contributed by atoms with Gasteiger partial charge in [0.25, 0.3) is 0 Å². The monoisotopic (exact) mass is 548 g/mol. The van der Waals surface area contributed by atoms with Gasteiger partial charge in [-0.05, 0) is 12.5 Å². The second-order valence-corrected chi connectivity index (χ2v) is 11.0. The minimum Gasteiger partial charge on any atom is -0.378 e. The number of piperazine rings is 1. The summed E-state index contributed by atoms with van der Waals surface area (Å²) in [6, 6.07) is 0. The highest BCUT2D eigenvalue weighted by atomic mass is 32.2. The van der Waals surface area contributed by atoms with Gasteiger partial charge in [-0.2, -0.15) is 0 Å². The Kier molecular flexibility index (Phi) is 7.60. The van der Waals surface area contributed by atoms with Crippen molar-refractivity contribution in [3.63, 3.8) is 0 Å². The number of anilines is 2. The van der Waals surface area contributed by atoms with Crippen LogP contribution in [-0.4, -0.2) is 96.8 Å². The third-order valence-corrected chi connectivity index (χ3v) is 8.55. The Balaban J connectivity index is 1.58. The van der Waals surface area contributed by atoms with Crippen LogP contribution in [0.1, 0.15) is 10.4 Å². The van der Waals surface area contributed by atoms with Crippen LogP contribution >= 0.6 is 11.3 Å². The molecule has 3 aromatic heterocycles. The molecule has 3 aromatic rings. The topological polar surface area (TPSA) is 164 Å². The molecular weight excluding hydrogens is 520 g/mol. The van der Waals surface area contributed by atoms with Crippen LogP contribution in [0.2, 0.25) is 0 Å². The lowest BCUT2D eigenvalue weighted by molar-refractivity contribution is -0.382. The number of pyridine rings is 1. The zero-order valence-electron chi connectivity index (χ0n) is 20.3. The number of hydrogen-bond donors (Lipinski definition) is 2. The number of hydrogen-bond acceptors (Lipinski definition) is 12. The van der Waals surface area contributed by atoms with Gasteiger partial charge in [-0.25, -0.2) is 19.2 Å². The first-order valence-corrected chi connectivity index (χ1v) is 13.9. The summed E-state index contributed by atoms with van der Waals surface area (Å²) in [5, 5.41) is 13.0. The summed E-state index contributed by atoms with van der Waals surface area (Å²) < 4.78 is 26.6. The summed E-state index contributed by atoms with van der Waals surface area (Å²) >= 11 is -0.307. The Hall–Kier alpha value is -2.82. The van der Waals surface area contributed by atoms with E-state index in [9.17, 15) is 18.9 Å². The maximum atomic E-state index is 12.4. The zero-order chi connectivity index (χ0) is 26.1. The minimum absolute atomic E-state index is 0.0596. The standard InChI is InChI=1S/C22H28N8O5S2/c1-14-16(12-27-2-4-28(5-3-27)13-37(33)34)36-20-17(14)19(30(31)32)18(15-10-24-22(23)25-11-15)26-21(20)29-6-8-35-9-7-29/h10-11H,2-9,12-13H2,1H3,(H,33,34)(H2,23,24,25). The van der Waals surface area contributed by atoms with Crippen molar-refractivity contribution in [2.24, 2.45) is 0 Å². The number of nitro groups is 1. The second-order valence-electron chi connectivity index (χ2n) is 9.02. The largest absolute Gasteiger partial charge is 0.378 e. The molecule has 5 rings (SSSR count). The highest BCUT2D eigenvalue weighted by Gasteiger charge is 2.31. The van der Waals surface area contributed by atoms with Gasteiger partial charge in [0.05, 0.1) is 28.2 Å². The van der Waals surface area contributed by atoms with E-state index in [2.05, 4.69) is 19.8 Å². The molecule has 1 unspecified atom stereocenters. The van der Waals surface area contributed by atoms with Crippen molar-refractivity contribution in [2.75, 3.05) is 69.0 Å². The van der Waals surface area contributed by atoms with Crippen LogP contribution < -0.4 is 10.6 Å². The smallest absolute Gasteiger partial charge is 0.304 e. The number of aryl methyl sites for hydroxylation is 1. The van der Waals surface area contributed by atoms with Crippen molar-refractivity contribution >= 4 is 50.0 Å². The molecule has 1 atom stereocenters. The number of fused-ring (bicyclic) bond motifs is 1. The molecule has 2 fully saturated rings. The van der Waals surface area contributed by atoms with Gasteiger partial charge in [-0.1, -0.05) is 0 Å². The number of nitrogens with zero attached hydrogens (tertiary/aromatic N) is 7. The van der Waals surface area contributed by atoms with E-state index in [0.717, 1.165) is 28.2 Å². The Morgan fingerprint density at radius 2 is 1.81 bits per heavy atom. The van der Waals surface area contributed by atoms with Crippen LogP contribution in [0, 0.1) is 17.0 Å². The number of nitrogen functional groups attached to an aromatic ring is 1. The van der Waals surface area contributed by atoms with Gasteiger partial charge in [0.1, 0.15) is 11.7 Å². The van der Waals surface area contributed by atoms with E-state index in [-0.39, 0.29) is 28.1 Å². The van der Waals surface area contributed by atoms with Crippen LogP contribution in [0.3, 0.4) is 0 Å². The number of nitrogens with two attached hydrogens (primary N) is 1. The van der Waals surface area contributed by atoms with Gasteiger partial charge in [-0.3, -0.25) is 19.9 Å². The lowest BCUT2D eigenvalue weighted by Gasteiger charge is -2.33. The molecule has 37 heavy (non-hydrogen) atoms. The molecule has 3 N–H and O–H groups in total. The van der Waals surface area contributed by atoms with E-state index < -0.39 is 11.1 Å². The van der Waals surface area contributed by atoms with Crippen molar-refractivity contribution in [1.29, 1.82) is 0 Å². The number of rotatable bonds is 7. The van der Waals surface area contributed by atoms with Gasteiger partial charge in [-0.15, -0.1) is 11.3 Å². The Bertz CT molecular complexity index is 1320. The van der Waals surface area contributed by atoms with Crippen LogP contribution in [0.5, 0.6) is 0 Å². The molecule has 0 radical (unpaired) electrons. The highest BCUT2D eigenvalue weighted by Crippen LogP contribution is 2.46. The number of aromatic nitrogens is 3. The maximum absolute atomic E-state index is 12.4. The predicted octanol–water partition coefficient (Wildman–Crippen LogP) is 1.69. The molecule has 0 saturated carbocycles. The fourth-order valence-electron chi connectivity index (χ4n) is 4.75. The van der Waals surface area contributed by atoms with Crippen LogP contribution in [0.4, 0.5) is 17.5 Å². The van der Waals surface area contributed by atoms with Crippen LogP contribution in [-0.2, 0) is 22.4 Å². The molecule has 0 amide bonds. The highest BCUT2D eigenvalue weighted by molar-refractivity contribution is 7.79. The zero-order valence-corrected chi connectivity index (χ0v) is 22.0. The van der Waals surface area contributed by atoms with Crippen molar-refractivity contribution in [1.82, 2.24) is 24.8 Å². The van der Waals surface area contributed by atoms with E-state index >= 15 is 0 Å². The van der Waals surface area contributed by atoms with Gasteiger partial charge in [0.2, 0.25) is 5.95 Å². The van der Waals surface area contributed by atoms with Crippen molar-refractivity contribution in [3.8, 4) is 11.3 Å². The van der Waals surface area contributed by atoms with E-state index in [0.29, 0.717) is 62.7 Å². The van der Waals surface area contributed by atoms with E-state index in [1.54, 1.807) is 11.3 Å². The van der Waals surface area contributed by atoms with Gasteiger partial charge in [0, 0.05) is 68.6 Å². The maximum Gasteiger partial charge on any atom is 0.304 e. The van der Waals surface area contributed by atoms with Crippen molar-refractivity contribution < 1.29 is 18.4 Å².